The number of hydrogen-bond acceptors (Lipinski definition) is 2. The van der Waals surface area contributed by atoms with Gasteiger partial charge in [-0.3, -0.25) is 4.79 Å². The molecule has 0 atom stereocenters. The summed E-state index contributed by atoms with van der Waals surface area (Å²) in [6.45, 7) is 1.80. The first-order valence-corrected chi connectivity index (χ1v) is 5.71. The summed E-state index contributed by atoms with van der Waals surface area (Å²) in [6, 6.07) is 7.84. The Balaban J connectivity index is 0.00000128. The Morgan fingerprint density at radius 1 is 1.50 bits per heavy atom. The quantitative estimate of drug-likeness (QED) is 0.905. The summed E-state index contributed by atoms with van der Waals surface area (Å²) >= 11 is 3.36. The summed E-state index contributed by atoms with van der Waals surface area (Å²) in [5.74, 6) is 0.0859. The molecule has 0 bridgehead atoms. The molecule has 1 aromatic carbocycles. The number of likely N-dealkylation sites (N-methyl/N-ethyl adjacent to an activating group) is 1. The molecule has 16 heavy (non-hydrogen) atoms. The minimum atomic E-state index is 0. The third-order valence-electron chi connectivity index (χ3n) is 2.70. The third-order valence-corrected chi connectivity index (χ3v) is 3.19. The molecule has 0 aliphatic carbocycles. The van der Waals surface area contributed by atoms with E-state index in [1.807, 2.05) is 31.3 Å². The summed E-state index contributed by atoms with van der Waals surface area (Å²) in [5, 5.41) is 3.16. The number of carbonyl (C=O) groups excluding carboxylic acids is 1. The number of rotatable bonds is 2. The average molecular weight is 306 g/mol. The molecule has 1 fully saturated rings. The average Bonchev–Trinajstić information content (AvgIpc) is 2.14. The molecule has 0 saturated carbocycles. The van der Waals surface area contributed by atoms with Gasteiger partial charge in [0.2, 0.25) is 0 Å². The smallest absolute Gasteiger partial charge is 0.253 e. The standard InChI is InChI=1S/C11H13BrN2O.ClH/c1-14(10-6-13-7-10)11(15)8-3-2-4-9(12)5-8;/h2-5,10,13H,6-7H2,1H3;1H. The van der Waals surface area contributed by atoms with Crippen LogP contribution in [0.5, 0.6) is 0 Å². The van der Waals surface area contributed by atoms with Gasteiger partial charge in [0.25, 0.3) is 5.91 Å². The Kier molecular flexibility index (Phi) is 4.77. The maximum absolute atomic E-state index is 12.0. The molecule has 1 heterocycles. The minimum absolute atomic E-state index is 0. The van der Waals surface area contributed by atoms with Crippen LogP contribution in [-0.4, -0.2) is 37.0 Å². The predicted octanol–water partition coefficient (Wildman–Crippen LogP) is 1.91. The molecule has 0 radical (unpaired) electrons. The molecule has 5 heteroatoms. The van der Waals surface area contributed by atoms with E-state index in [2.05, 4.69) is 21.2 Å². The second-order valence-corrected chi connectivity index (χ2v) is 4.65. The lowest BCUT2D eigenvalue weighted by Crippen LogP contribution is -2.57. The zero-order valence-corrected chi connectivity index (χ0v) is 11.3. The Bertz CT molecular complexity index is 382. The van der Waals surface area contributed by atoms with Crippen molar-refractivity contribution in [2.45, 2.75) is 6.04 Å². The number of halogens is 2. The molecule has 1 N–H and O–H groups in total. The predicted molar refractivity (Wildman–Crippen MR) is 70.1 cm³/mol. The van der Waals surface area contributed by atoms with Gasteiger partial charge in [-0.05, 0) is 18.2 Å². The van der Waals surface area contributed by atoms with Crippen LogP contribution in [0, 0.1) is 0 Å². The van der Waals surface area contributed by atoms with E-state index in [-0.39, 0.29) is 18.3 Å². The van der Waals surface area contributed by atoms with Crippen LogP contribution in [0.4, 0.5) is 0 Å². The van der Waals surface area contributed by atoms with E-state index in [1.54, 1.807) is 4.90 Å². The molecule has 0 unspecified atom stereocenters. The first-order chi connectivity index (χ1) is 7.18. The van der Waals surface area contributed by atoms with Crippen LogP contribution in [-0.2, 0) is 0 Å². The SMILES string of the molecule is CN(C(=O)c1cccc(Br)c1)C1CNC1.Cl. The minimum Gasteiger partial charge on any atom is -0.336 e. The highest BCUT2D eigenvalue weighted by Crippen LogP contribution is 2.14. The Hall–Kier alpha value is -0.580. The zero-order chi connectivity index (χ0) is 10.8. The summed E-state index contributed by atoms with van der Waals surface area (Å²) < 4.78 is 0.938. The maximum Gasteiger partial charge on any atom is 0.253 e. The summed E-state index contributed by atoms with van der Waals surface area (Å²) in [4.78, 5) is 13.8. The number of benzene rings is 1. The van der Waals surface area contributed by atoms with Crippen LogP contribution in [0.3, 0.4) is 0 Å². The van der Waals surface area contributed by atoms with Crippen LogP contribution in [0.25, 0.3) is 0 Å². The van der Waals surface area contributed by atoms with Crippen molar-refractivity contribution in [2.24, 2.45) is 0 Å². The van der Waals surface area contributed by atoms with Gasteiger partial charge in [0.1, 0.15) is 0 Å². The van der Waals surface area contributed by atoms with Gasteiger partial charge in [-0.2, -0.15) is 0 Å². The van der Waals surface area contributed by atoms with Crippen molar-refractivity contribution < 1.29 is 4.79 Å². The Morgan fingerprint density at radius 2 is 2.19 bits per heavy atom. The summed E-state index contributed by atoms with van der Waals surface area (Å²) in [5.41, 5.74) is 0.735. The molecule has 1 amide bonds. The van der Waals surface area contributed by atoms with Crippen molar-refractivity contribution in [3.8, 4) is 0 Å². The fourth-order valence-electron chi connectivity index (χ4n) is 1.54. The molecule has 0 aromatic heterocycles. The lowest BCUT2D eigenvalue weighted by atomic mass is 10.1. The van der Waals surface area contributed by atoms with E-state index in [0.29, 0.717) is 6.04 Å². The highest BCUT2D eigenvalue weighted by molar-refractivity contribution is 9.10. The second kappa shape index (κ2) is 5.66. The molecule has 2 rings (SSSR count). The van der Waals surface area contributed by atoms with Gasteiger partial charge < -0.3 is 10.2 Å². The lowest BCUT2D eigenvalue weighted by molar-refractivity contribution is 0.0681. The van der Waals surface area contributed by atoms with Crippen molar-refractivity contribution in [1.29, 1.82) is 0 Å². The summed E-state index contributed by atoms with van der Waals surface area (Å²) in [7, 11) is 1.86. The number of carbonyl (C=O) groups is 1. The van der Waals surface area contributed by atoms with Crippen LogP contribution in [0.1, 0.15) is 10.4 Å². The number of hydrogen-bond donors (Lipinski definition) is 1. The van der Waals surface area contributed by atoms with E-state index in [9.17, 15) is 4.79 Å². The van der Waals surface area contributed by atoms with E-state index in [0.717, 1.165) is 23.1 Å². The van der Waals surface area contributed by atoms with Gasteiger partial charge in [-0.25, -0.2) is 0 Å². The Labute approximate surface area is 110 Å². The van der Waals surface area contributed by atoms with E-state index in [4.69, 9.17) is 0 Å². The topological polar surface area (TPSA) is 32.3 Å². The normalized spacial score (nSPS) is 14.9. The number of nitrogens with one attached hydrogen (secondary N) is 1. The summed E-state index contributed by atoms with van der Waals surface area (Å²) in [6.07, 6.45) is 0. The van der Waals surface area contributed by atoms with Gasteiger partial charge in [0, 0.05) is 30.2 Å². The molecule has 1 aliphatic heterocycles. The van der Waals surface area contributed by atoms with E-state index < -0.39 is 0 Å². The molecule has 0 spiro atoms. The van der Waals surface area contributed by atoms with Crippen molar-refractivity contribution >= 4 is 34.2 Å². The molecule has 1 saturated heterocycles. The fraction of sp³-hybridized carbons (Fsp3) is 0.364. The van der Waals surface area contributed by atoms with Gasteiger partial charge in [-0.15, -0.1) is 12.4 Å². The van der Waals surface area contributed by atoms with Gasteiger partial charge in [-0.1, -0.05) is 22.0 Å². The first-order valence-electron chi connectivity index (χ1n) is 4.92. The van der Waals surface area contributed by atoms with Crippen molar-refractivity contribution in [2.75, 3.05) is 20.1 Å². The van der Waals surface area contributed by atoms with Gasteiger partial charge >= 0.3 is 0 Å². The highest BCUT2D eigenvalue weighted by Gasteiger charge is 2.25. The van der Waals surface area contributed by atoms with Gasteiger partial charge in [0.05, 0.1) is 6.04 Å². The maximum atomic E-state index is 12.0. The van der Waals surface area contributed by atoms with E-state index >= 15 is 0 Å². The van der Waals surface area contributed by atoms with Crippen LogP contribution in [0.15, 0.2) is 28.7 Å². The molecular weight excluding hydrogens is 291 g/mol. The highest BCUT2D eigenvalue weighted by atomic mass is 79.9. The second-order valence-electron chi connectivity index (χ2n) is 3.74. The van der Waals surface area contributed by atoms with E-state index in [1.165, 1.54) is 0 Å². The molecule has 1 aliphatic rings. The molecule has 1 aromatic rings. The number of nitrogens with zero attached hydrogens (tertiary/aromatic N) is 1. The van der Waals surface area contributed by atoms with Crippen LogP contribution >= 0.6 is 28.3 Å². The Morgan fingerprint density at radius 3 is 2.69 bits per heavy atom. The zero-order valence-electron chi connectivity index (χ0n) is 8.94. The molecule has 3 nitrogen and oxygen atoms in total. The lowest BCUT2D eigenvalue weighted by Gasteiger charge is -2.35. The van der Waals surface area contributed by atoms with Crippen LogP contribution < -0.4 is 5.32 Å². The van der Waals surface area contributed by atoms with Gasteiger partial charge in [0.15, 0.2) is 0 Å². The molecule has 88 valence electrons. The van der Waals surface area contributed by atoms with Crippen LogP contribution in [0.2, 0.25) is 0 Å². The van der Waals surface area contributed by atoms with Crippen molar-refractivity contribution in [1.82, 2.24) is 10.2 Å². The fourth-order valence-corrected chi connectivity index (χ4v) is 1.94. The monoisotopic (exact) mass is 304 g/mol. The first kappa shape index (κ1) is 13.5. The van der Waals surface area contributed by atoms with Crippen molar-refractivity contribution in [3.05, 3.63) is 34.3 Å². The molecular formula is C11H14BrClN2O. The van der Waals surface area contributed by atoms with Crippen molar-refractivity contribution in [3.63, 3.8) is 0 Å². The largest absolute Gasteiger partial charge is 0.336 e. The third kappa shape index (κ3) is 2.75. The number of amides is 1.